The quantitative estimate of drug-likeness (QED) is 0.597. The van der Waals surface area contributed by atoms with Crippen LogP contribution in [-0.4, -0.2) is 21.1 Å². The Labute approximate surface area is 134 Å². The fourth-order valence-corrected chi connectivity index (χ4v) is 3.20. The van der Waals surface area contributed by atoms with Crippen LogP contribution in [0.3, 0.4) is 0 Å². The zero-order valence-corrected chi connectivity index (χ0v) is 13.0. The van der Waals surface area contributed by atoms with E-state index < -0.39 is 5.91 Å². The number of hydroxylamine groups is 1. The summed E-state index contributed by atoms with van der Waals surface area (Å²) in [5.41, 5.74) is 4.11. The van der Waals surface area contributed by atoms with E-state index in [1.807, 2.05) is 0 Å². The van der Waals surface area contributed by atoms with E-state index in [2.05, 4.69) is 46.5 Å². The molecule has 23 heavy (non-hydrogen) atoms. The van der Waals surface area contributed by atoms with Crippen molar-refractivity contribution in [3.63, 3.8) is 0 Å². The van der Waals surface area contributed by atoms with Crippen LogP contribution in [-0.2, 0) is 5.54 Å². The topological polar surface area (TPSA) is 87.1 Å². The third-order valence-electron chi connectivity index (χ3n) is 4.39. The van der Waals surface area contributed by atoms with Crippen LogP contribution in [0.5, 0.6) is 0 Å². The Bertz CT molecular complexity index is 694. The molecule has 0 unspecified atom stereocenters. The van der Waals surface area contributed by atoms with E-state index in [1.165, 1.54) is 23.5 Å². The summed E-state index contributed by atoms with van der Waals surface area (Å²) in [7, 11) is 0. The number of amides is 1. The SMILES string of the molecule is Cc1cccc(C2(Nc3ncc(C(=O)NO)cn3)CCCC2)c1. The number of hydrogen-bond donors (Lipinski definition) is 3. The molecule has 120 valence electrons. The average molecular weight is 312 g/mol. The summed E-state index contributed by atoms with van der Waals surface area (Å²) in [5, 5.41) is 12.1. The van der Waals surface area contributed by atoms with Crippen molar-refractivity contribution in [1.29, 1.82) is 0 Å². The van der Waals surface area contributed by atoms with Crippen LogP contribution in [0, 0.1) is 6.92 Å². The summed E-state index contributed by atoms with van der Waals surface area (Å²) in [6.07, 6.45) is 7.18. The molecule has 1 aliphatic carbocycles. The maximum atomic E-state index is 11.3. The van der Waals surface area contributed by atoms with Gasteiger partial charge in [0, 0.05) is 12.4 Å². The smallest absolute Gasteiger partial charge is 0.277 e. The summed E-state index contributed by atoms with van der Waals surface area (Å²) in [6.45, 7) is 2.09. The fraction of sp³-hybridized carbons (Fsp3) is 0.353. The highest BCUT2D eigenvalue weighted by atomic mass is 16.5. The fourth-order valence-electron chi connectivity index (χ4n) is 3.20. The molecule has 1 amide bonds. The normalized spacial score (nSPS) is 16.1. The number of benzene rings is 1. The van der Waals surface area contributed by atoms with Gasteiger partial charge in [0.15, 0.2) is 0 Å². The largest absolute Gasteiger partial charge is 0.345 e. The molecule has 0 bridgehead atoms. The summed E-state index contributed by atoms with van der Waals surface area (Å²) in [6, 6.07) is 8.50. The van der Waals surface area contributed by atoms with Crippen LogP contribution in [0.25, 0.3) is 0 Å². The molecule has 1 aliphatic rings. The van der Waals surface area contributed by atoms with Gasteiger partial charge in [-0.25, -0.2) is 15.4 Å². The molecule has 0 aliphatic heterocycles. The lowest BCUT2D eigenvalue weighted by Crippen LogP contribution is -2.33. The Kier molecular flexibility index (Phi) is 4.25. The van der Waals surface area contributed by atoms with Crippen molar-refractivity contribution in [2.45, 2.75) is 38.1 Å². The predicted molar refractivity (Wildman–Crippen MR) is 86.2 cm³/mol. The van der Waals surface area contributed by atoms with E-state index in [0.29, 0.717) is 5.95 Å². The lowest BCUT2D eigenvalue weighted by Gasteiger charge is -2.31. The minimum atomic E-state index is -0.620. The van der Waals surface area contributed by atoms with Crippen molar-refractivity contribution in [2.24, 2.45) is 0 Å². The van der Waals surface area contributed by atoms with E-state index in [9.17, 15) is 4.79 Å². The number of aromatic nitrogens is 2. The Morgan fingerprint density at radius 2 is 1.91 bits per heavy atom. The van der Waals surface area contributed by atoms with Gasteiger partial charge in [-0.3, -0.25) is 10.0 Å². The van der Waals surface area contributed by atoms with Crippen LogP contribution < -0.4 is 10.8 Å². The van der Waals surface area contributed by atoms with Gasteiger partial charge >= 0.3 is 0 Å². The summed E-state index contributed by atoms with van der Waals surface area (Å²) in [5.74, 6) is -0.131. The molecular formula is C17H20N4O2. The molecule has 0 saturated heterocycles. The second kappa shape index (κ2) is 6.34. The molecule has 3 rings (SSSR count). The maximum Gasteiger partial charge on any atom is 0.277 e. The zero-order chi connectivity index (χ0) is 16.3. The number of nitrogens with zero attached hydrogens (tertiary/aromatic N) is 2. The van der Waals surface area contributed by atoms with Gasteiger partial charge in [0.1, 0.15) is 0 Å². The highest BCUT2D eigenvalue weighted by Gasteiger charge is 2.36. The molecule has 3 N–H and O–H groups in total. The molecule has 1 heterocycles. The minimum absolute atomic E-state index is 0.160. The number of hydrogen-bond acceptors (Lipinski definition) is 5. The van der Waals surface area contributed by atoms with Crippen molar-refractivity contribution < 1.29 is 10.0 Å². The summed E-state index contributed by atoms with van der Waals surface area (Å²) < 4.78 is 0. The van der Waals surface area contributed by atoms with Crippen molar-refractivity contribution in [3.8, 4) is 0 Å². The first-order valence-corrected chi connectivity index (χ1v) is 7.75. The second-order valence-corrected chi connectivity index (χ2v) is 6.02. The third kappa shape index (κ3) is 3.17. The third-order valence-corrected chi connectivity index (χ3v) is 4.39. The lowest BCUT2D eigenvalue weighted by atomic mass is 9.87. The molecule has 1 aromatic carbocycles. The van der Waals surface area contributed by atoms with E-state index in [0.717, 1.165) is 25.7 Å². The van der Waals surface area contributed by atoms with Gasteiger partial charge in [0.05, 0.1) is 11.1 Å². The second-order valence-electron chi connectivity index (χ2n) is 6.02. The van der Waals surface area contributed by atoms with Crippen molar-refractivity contribution >= 4 is 11.9 Å². The van der Waals surface area contributed by atoms with Crippen molar-refractivity contribution in [1.82, 2.24) is 15.4 Å². The summed E-state index contributed by atoms with van der Waals surface area (Å²) in [4.78, 5) is 19.7. The average Bonchev–Trinajstić information content (AvgIpc) is 3.04. The van der Waals surface area contributed by atoms with Gasteiger partial charge in [-0.15, -0.1) is 0 Å². The Hall–Kier alpha value is -2.47. The highest BCUT2D eigenvalue weighted by Crippen LogP contribution is 2.41. The van der Waals surface area contributed by atoms with Crippen LogP contribution in [0.2, 0.25) is 0 Å². The Balaban J connectivity index is 1.87. The zero-order valence-electron chi connectivity index (χ0n) is 13.0. The van der Waals surface area contributed by atoms with Crippen molar-refractivity contribution in [3.05, 3.63) is 53.3 Å². The monoisotopic (exact) mass is 312 g/mol. The molecule has 1 saturated carbocycles. The van der Waals surface area contributed by atoms with E-state index in [-0.39, 0.29) is 11.1 Å². The van der Waals surface area contributed by atoms with Gasteiger partial charge in [0.2, 0.25) is 5.95 Å². The molecular weight excluding hydrogens is 292 g/mol. The van der Waals surface area contributed by atoms with Gasteiger partial charge in [-0.05, 0) is 25.3 Å². The predicted octanol–water partition coefficient (Wildman–Crippen LogP) is 2.79. The van der Waals surface area contributed by atoms with Crippen LogP contribution in [0.4, 0.5) is 5.95 Å². The number of rotatable bonds is 4. The molecule has 2 aromatic rings. The van der Waals surface area contributed by atoms with Gasteiger partial charge in [0.25, 0.3) is 5.91 Å². The molecule has 6 heteroatoms. The molecule has 0 atom stereocenters. The van der Waals surface area contributed by atoms with Crippen molar-refractivity contribution in [2.75, 3.05) is 5.32 Å². The van der Waals surface area contributed by atoms with E-state index in [1.54, 1.807) is 5.48 Å². The van der Waals surface area contributed by atoms with Crippen LogP contribution in [0.1, 0.15) is 47.2 Å². The molecule has 1 fully saturated rings. The minimum Gasteiger partial charge on any atom is -0.345 e. The molecule has 0 spiro atoms. The van der Waals surface area contributed by atoms with Gasteiger partial charge in [-0.2, -0.15) is 0 Å². The Morgan fingerprint density at radius 3 is 2.52 bits per heavy atom. The number of anilines is 1. The number of carbonyl (C=O) groups excluding carboxylic acids is 1. The number of aryl methyl sites for hydroxylation is 1. The van der Waals surface area contributed by atoms with Crippen LogP contribution in [0.15, 0.2) is 36.7 Å². The maximum absolute atomic E-state index is 11.3. The molecule has 6 nitrogen and oxygen atoms in total. The van der Waals surface area contributed by atoms with Gasteiger partial charge < -0.3 is 5.32 Å². The van der Waals surface area contributed by atoms with E-state index in [4.69, 9.17) is 5.21 Å². The summed E-state index contributed by atoms with van der Waals surface area (Å²) >= 11 is 0. The van der Waals surface area contributed by atoms with E-state index >= 15 is 0 Å². The first kappa shape index (κ1) is 15.4. The number of nitrogens with one attached hydrogen (secondary N) is 2. The molecule has 0 radical (unpaired) electrons. The standard InChI is InChI=1S/C17H20N4O2/c1-12-5-4-6-14(9-12)17(7-2-3-8-17)20-16-18-10-13(11-19-16)15(22)21-23/h4-6,9-11,23H,2-3,7-8H2,1H3,(H,21,22)(H,18,19,20). The Morgan fingerprint density at radius 1 is 1.22 bits per heavy atom. The molecule has 1 aromatic heterocycles. The van der Waals surface area contributed by atoms with Crippen LogP contribution >= 0.6 is 0 Å². The first-order valence-electron chi connectivity index (χ1n) is 7.75. The van der Waals surface area contributed by atoms with Gasteiger partial charge in [-0.1, -0.05) is 42.7 Å². The number of carbonyl (C=O) groups is 1. The highest BCUT2D eigenvalue weighted by molar-refractivity contribution is 5.92. The first-order chi connectivity index (χ1) is 11.1. The lowest BCUT2D eigenvalue weighted by molar-refractivity contribution is 0.0705.